The average Bonchev–Trinajstić information content (AvgIpc) is 1.60. The molecule has 5 aliphatic heterocycles. The van der Waals surface area contributed by atoms with Crippen LogP contribution in [0.25, 0.3) is 11.0 Å². The van der Waals surface area contributed by atoms with E-state index in [1.54, 1.807) is 102 Å². The van der Waals surface area contributed by atoms with Gasteiger partial charge in [-0.3, -0.25) is 42.9 Å². The van der Waals surface area contributed by atoms with Crippen LogP contribution in [0.2, 0.25) is 0 Å². The van der Waals surface area contributed by atoms with Crippen molar-refractivity contribution >= 4 is 92.5 Å². The van der Waals surface area contributed by atoms with Crippen molar-refractivity contribution < 1.29 is 81.4 Å². The van der Waals surface area contributed by atoms with Gasteiger partial charge < -0.3 is 97.8 Å². The molecule has 6 heterocycles. The van der Waals surface area contributed by atoms with Crippen LogP contribution in [0.1, 0.15) is 250 Å². The number of ether oxygens (including phenoxy) is 8. The molecule has 0 spiro atoms. The predicted molar refractivity (Wildman–Crippen MR) is 465 cm³/mol. The van der Waals surface area contributed by atoms with Crippen LogP contribution in [0.5, 0.6) is 92.0 Å². The molecule has 6 aliphatic rings. The summed E-state index contributed by atoms with van der Waals surface area (Å²) >= 11 is 0. The third-order valence-corrected chi connectivity index (χ3v) is 24.8. The summed E-state index contributed by atoms with van der Waals surface area (Å²) in [5.41, 5.74) is 30.4. The largest absolute Gasteiger partial charge is 0.481 e. The molecule has 29 heteroatoms. The number of carboxylic acids is 1. The first-order valence-electron chi connectivity index (χ1n) is 42.8. The highest BCUT2D eigenvalue weighted by atomic mass is 16.5. The summed E-state index contributed by atoms with van der Waals surface area (Å²) in [6.07, 6.45) is 4.18. The number of hydrogen-bond donors (Lipinski definition) is 11. The van der Waals surface area contributed by atoms with E-state index in [4.69, 9.17) is 65.8 Å². The highest BCUT2D eigenvalue weighted by molar-refractivity contribution is 6.04. The smallest absolute Gasteiger partial charge is 0.309 e. The van der Waals surface area contributed by atoms with E-state index in [1.807, 2.05) is 38.1 Å². The Morgan fingerprint density at radius 3 is 0.821 bits per heavy atom. The first-order chi connectivity index (χ1) is 59.1. The van der Waals surface area contributed by atoms with Gasteiger partial charge in [-0.25, -0.2) is 4.98 Å². The Bertz CT molecular complexity index is 5810. The number of nitrogens with one attached hydrogen (secondary N) is 6. The molecule has 642 valence electrons. The van der Waals surface area contributed by atoms with Crippen molar-refractivity contribution in [2.75, 3.05) is 58.1 Å². The fourth-order valence-corrected chi connectivity index (χ4v) is 19.0. The van der Waals surface area contributed by atoms with Crippen molar-refractivity contribution in [3.8, 4) is 92.0 Å². The Kier molecular flexibility index (Phi) is 23.0. The predicted octanol–water partition coefficient (Wildman–Crippen LogP) is 18.7. The number of benzene rings is 8. The van der Waals surface area contributed by atoms with Crippen LogP contribution in [0.15, 0.2) is 97.1 Å². The van der Waals surface area contributed by atoms with Gasteiger partial charge in [0.2, 0.25) is 41.4 Å². The maximum absolute atomic E-state index is 15.7. The molecule has 9 aromatic rings. The number of hydrogen-bond acceptors (Lipinski definition) is 21. The van der Waals surface area contributed by atoms with Gasteiger partial charge in [0.25, 0.3) is 0 Å². The topological polar surface area (TPSA) is 425 Å². The standard InChI is InChI=1S/C94H104N12O17/c1-10-83(107)99-59-32-75-76(33-60(59)100-84(108)11-2)117-68-41-70-54-29-52(68)47(20-16-24-95)51-28-53-48(21-17-25-96)55-30-57-50(23-19-27-98)58-31-56(49(54)22-18-26-97)72(121-80-37-64(104-88(112)15-6)63(36-79(80)119-70)103-87(111)14-5)43-74(58)123-82-39-66-65(105-89-92(7)44-93(8,90(113)106(66)89)46-94(9,45-92)91(114)115)38-81(82)122-73(57)42-71(55)120-78-35-62(102-86(110)13-4)61(101-85(109)12-3)34-77(78)118-69(53)40-67(51)116-75/h28-43,47-50H,10-27,44-46,95-98H2,1-9H3,(H,99,107)(H,100,108)(H,101,109)(H,102,110)(H,103,111)(H,104,112)(H,114,115)/t47?,48?,49?,50?,92?,93?,94-/m1/s1. The van der Waals surface area contributed by atoms with E-state index in [2.05, 4.69) is 56.2 Å². The Hall–Kier alpha value is -12.6. The average molecular weight is 1670 g/mol. The molecule has 6 unspecified atom stereocenters. The van der Waals surface area contributed by atoms with Crippen molar-refractivity contribution in [1.29, 1.82) is 0 Å². The number of anilines is 6. The van der Waals surface area contributed by atoms with E-state index in [9.17, 15) is 38.7 Å². The number of fused-ring (bicyclic) bond motifs is 18. The minimum absolute atomic E-state index is 0.0669. The summed E-state index contributed by atoms with van der Waals surface area (Å²) in [7, 11) is 0. The van der Waals surface area contributed by atoms with Crippen LogP contribution < -0.4 is 92.7 Å². The lowest BCUT2D eigenvalue weighted by molar-refractivity contribution is -0.154. The van der Waals surface area contributed by atoms with Gasteiger partial charge in [-0.1, -0.05) is 55.4 Å². The van der Waals surface area contributed by atoms with Gasteiger partial charge >= 0.3 is 5.97 Å². The van der Waals surface area contributed by atoms with Crippen molar-refractivity contribution in [1.82, 2.24) is 9.55 Å². The summed E-state index contributed by atoms with van der Waals surface area (Å²) < 4.78 is 62.1. The van der Waals surface area contributed by atoms with Gasteiger partial charge in [0.1, 0.15) is 51.8 Å². The van der Waals surface area contributed by atoms with Gasteiger partial charge in [0.15, 0.2) is 46.0 Å². The fourth-order valence-electron chi connectivity index (χ4n) is 19.0. The molecule has 0 radical (unpaired) electrons. The highest BCUT2D eigenvalue weighted by Crippen LogP contribution is 2.63. The zero-order valence-electron chi connectivity index (χ0n) is 70.6. The number of aromatic nitrogens is 2. The molecule has 0 saturated heterocycles. The Morgan fingerprint density at radius 2 is 0.585 bits per heavy atom. The van der Waals surface area contributed by atoms with Gasteiger partial charge in [-0.15, -0.1) is 0 Å². The second-order valence-corrected chi connectivity index (χ2v) is 33.8. The van der Waals surface area contributed by atoms with Gasteiger partial charge in [-0.05, 0) is 128 Å². The Morgan fingerprint density at radius 1 is 0.350 bits per heavy atom. The number of rotatable bonds is 25. The van der Waals surface area contributed by atoms with E-state index in [1.165, 1.54) is 0 Å². The minimum atomic E-state index is -1.28. The van der Waals surface area contributed by atoms with Crippen molar-refractivity contribution in [3.05, 3.63) is 147 Å². The quantitative estimate of drug-likeness (QED) is 0.0253. The molecule has 1 fully saturated rings. The first kappa shape index (κ1) is 84.1. The lowest BCUT2D eigenvalue weighted by Crippen LogP contribution is -2.56. The van der Waals surface area contributed by atoms with E-state index >= 15 is 4.79 Å². The van der Waals surface area contributed by atoms with Crippen molar-refractivity contribution in [3.63, 3.8) is 0 Å². The first-order valence-corrected chi connectivity index (χ1v) is 42.8. The van der Waals surface area contributed by atoms with Gasteiger partial charge in [-0.2, -0.15) is 0 Å². The molecule has 29 nitrogen and oxygen atoms in total. The molecule has 15 rings (SSSR count). The summed E-state index contributed by atoms with van der Waals surface area (Å²) in [4.78, 5) is 117. The number of imidazole rings is 1. The lowest BCUT2D eigenvalue weighted by Gasteiger charge is -2.53. The molecule has 6 amide bonds. The van der Waals surface area contributed by atoms with Crippen LogP contribution >= 0.6 is 0 Å². The van der Waals surface area contributed by atoms with Crippen molar-refractivity contribution in [2.24, 2.45) is 33.8 Å². The molecule has 123 heavy (non-hydrogen) atoms. The molecule has 8 aromatic carbocycles. The second-order valence-electron chi connectivity index (χ2n) is 33.8. The number of carbonyl (C=O) groups is 8. The SMILES string of the molecule is CCC(=O)Nc1cc2c(cc1NC(=O)CC)Oc1cc3c4cc1C(CCCN)c1cc5c(cc1O2)Oc1cc(NC(=O)CC)c(NC(=O)CC)cc1Oc1cc2c(cc1C5CCCN)C(CCCN)c1cc(c(cc1Oc1cc5c(cc1O2)nc1n5C(=O)C2(C)CC1(C)C[C@@](C)(C(=O)O)C2)Oc1cc(NC(=O)CC)c(NC(=O)CC)cc1O3)C4CCCN. The normalized spacial score (nSPS) is 19.8. The molecule has 1 aliphatic carbocycles. The van der Waals surface area contributed by atoms with E-state index in [0.29, 0.717) is 119 Å². The second kappa shape index (κ2) is 33.7. The van der Waals surface area contributed by atoms with Crippen LogP contribution in [0.4, 0.5) is 34.1 Å². The third-order valence-electron chi connectivity index (χ3n) is 24.8. The Labute approximate surface area is 711 Å². The number of aliphatic carboxylic acids is 1. The summed E-state index contributed by atoms with van der Waals surface area (Å²) in [5.74, 6) is -3.27. The van der Waals surface area contributed by atoms with Crippen LogP contribution in [-0.2, 0) is 39.0 Å². The molecule has 1 aromatic heterocycles. The summed E-state index contributed by atoms with van der Waals surface area (Å²) in [5, 5.41) is 28.9. The maximum Gasteiger partial charge on any atom is 0.309 e. The van der Waals surface area contributed by atoms with Gasteiger partial charge in [0.05, 0.1) is 50.6 Å². The van der Waals surface area contributed by atoms with Crippen LogP contribution in [0.3, 0.4) is 0 Å². The number of amides is 6. The summed E-state index contributed by atoms with van der Waals surface area (Å²) in [6, 6.07) is 28.7. The van der Waals surface area contributed by atoms with E-state index < -0.39 is 45.9 Å². The van der Waals surface area contributed by atoms with E-state index in [-0.39, 0.29) is 245 Å². The highest BCUT2D eigenvalue weighted by Gasteiger charge is 2.61. The molecule has 1 saturated carbocycles. The summed E-state index contributed by atoms with van der Waals surface area (Å²) in [6.45, 7) is 16.7. The maximum atomic E-state index is 15.7. The molecular formula is C94H104N12O17. The van der Waals surface area contributed by atoms with Crippen LogP contribution in [-0.4, -0.2) is 88.2 Å². The monoisotopic (exact) mass is 1670 g/mol. The zero-order valence-corrected chi connectivity index (χ0v) is 70.6. The Balaban J connectivity index is 1.09. The molecule has 7 atom stereocenters. The minimum Gasteiger partial charge on any atom is -0.481 e. The van der Waals surface area contributed by atoms with Crippen molar-refractivity contribution in [2.45, 2.75) is 201 Å². The molecular weight excluding hydrogens is 1570 g/mol. The third kappa shape index (κ3) is 15.7. The number of nitrogens with zero attached hydrogens (tertiary/aromatic N) is 2. The number of carbonyl (C=O) groups excluding carboxylic acids is 7. The number of nitrogens with two attached hydrogens (primary N) is 4. The molecule has 15 N–H and O–H groups in total. The zero-order chi connectivity index (χ0) is 86.8. The lowest BCUT2D eigenvalue weighted by atomic mass is 9.52. The molecule has 2 bridgehead atoms. The fraction of sp³-hybridized carbons (Fsp3) is 0.394. The van der Waals surface area contributed by atoms with Crippen LogP contribution in [0, 0.1) is 10.8 Å². The van der Waals surface area contributed by atoms with E-state index in [0.717, 1.165) is 0 Å². The number of carboxylic acid groups (broad SMARTS) is 1. The van der Waals surface area contributed by atoms with Gasteiger partial charge in [0, 0.05) is 190 Å².